The number of hydrogen-bond acceptors (Lipinski definition) is 5. The molecular formula is C21H19BrFNO4. The molecule has 3 rings (SSSR count). The molecule has 0 radical (unpaired) electrons. The lowest BCUT2D eigenvalue weighted by Gasteiger charge is -2.11. The van der Waals surface area contributed by atoms with Gasteiger partial charge < -0.3 is 19.2 Å². The van der Waals surface area contributed by atoms with E-state index in [4.69, 9.17) is 13.9 Å². The molecule has 0 saturated carbocycles. The molecule has 7 heteroatoms. The van der Waals surface area contributed by atoms with E-state index in [9.17, 15) is 9.18 Å². The van der Waals surface area contributed by atoms with Crippen LogP contribution in [0.4, 0.5) is 4.39 Å². The van der Waals surface area contributed by atoms with E-state index in [1.807, 2.05) is 0 Å². The second kappa shape index (κ2) is 9.03. The average molecular weight is 448 g/mol. The van der Waals surface area contributed by atoms with Gasteiger partial charge in [-0.2, -0.15) is 0 Å². The van der Waals surface area contributed by atoms with Gasteiger partial charge >= 0.3 is 5.63 Å². The molecule has 0 aliphatic rings. The monoisotopic (exact) mass is 447 g/mol. The molecule has 0 fully saturated rings. The van der Waals surface area contributed by atoms with Crippen LogP contribution in [0.2, 0.25) is 0 Å². The van der Waals surface area contributed by atoms with Crippen molar-refractivity contribution >= 4 is 15.9 Å². The van der Waals surface area contributed by atoms with Gasteiger partial charge in [-0.1, -0.05) is 12.1 Å². The molecule has 2 aromatic carbocycles. The normalized spacial score (nSPS) is 10.7. The van der Waals surface area contributed by atoms with Crippen molar-refractivity contribution in [2.45, 2.75) is 13.1 Å². The zero-order valence-corrected chi connectivity index (χ0v) is 17.0. The van der Waals surface area contributed by atoms with Crippen LogP contribution in [0, 0.1) is 5.82 Å². The molecule has 0 amide bonds. The summed E-state index contributed by atoms with van der Waals surface area (Å²) in [5.41, 5.74) is 1.69. The minimum Gasteiger partial charge on any atom is -0.493 e. The first-order valence-electron chi connectivity index (χ1n) is 8.52. The second-order valence-corrected chi connectivity index (χ2v) is 6.88. The molecule has 5 nitrogen and oxygen atoms in total. The van der Waals surface area contributed by atoms with Crippen LogP contribution in [0.1, 0.15) is 11.1 Å². The predicted octanol–water partition coefficient (Wildman–Crippen LogP) is 4.52. The SMILES string of the molecule is COc1cc(Br)c(-c2ccc(CNCc3ccc(F)cc3)c(=O)o2)cc1OC. The van der Waals surface area contributed by atoms with Crippen LogP contribution in [0.3, 0.4) is 0 Å². The van der Waals surface area contributed by atoms with Crippen molar-refractivity contribution in [1.82, 2.24) is 5.32 Å². The van der Waals surface area contributed by atoms with E-state index >= 15 is 0 Å². The number of ether oxygens (including phenoxy) is 2. The largest absolute Gasteiger partial charge is 0.493 e. The van der Waals surface area contributed by atoms with Gasteiger partial charge in [-0.3, -0.25) is 0 Å². The Labute approximate surface area is 170 Å². The van der Waals surface area contributed by atoms with E-state index in [1.165, 1.54) is 12.1 Å². The summed E-state index contributed by atoms with van der Waals surface area (Å²) in [7, 11) is 3.10. The number of methoxy groups -OCH3 is 2. The molecule has 1 N–H and O–H groups in total. The van der Waals surface area contributed by atoms with Crippen molar-refractivity contribution in [2.24, 2.45) is 0 Å². The highest BCUT2D eigenvalue weighted by atomic mass is 79.9. The van der Waals surface area contributed by atoms with Crippen LogP contribution in [-0.2, 0) is 13.1 Å². The van der Waals surface area contributed by atoms with Crippen molar-refractivity contribution in [3.8, 4) is 22.8 Å². The summed E-state index contributed by atoms with van der Waals surface area (Å²) in [5, 5.41) is 3.15. The molecule has 1 aromatic heterocycles. The third-order valence-corrected chi connectivity index (χ3v) is 4.85. The van der Waals surface area contributed by atoms with Crippen LogP contribution in [0.25, 0.3) is 11.3 Å². The Morgan fingerprint density at radius 2 is 1.68 bits per heavy atom. The minimum absolute atomic E-state index is 0.277. The first-order chi connectivity index (χ1) is 13.5. The van der Waals surface area contributed by atoms with Crippen LogP contribution in [0.15, 0.2) is 62.2 Å². The number of nitrogens with one attached hydrogen (secondary N) is 1. The van der Waals surface area contributed by atoms with E-state index in [0.717, 1.165) is 10.0 Å². The Bertz CT molecular complexity index is 1020. The summed E-state index contributed by atoms with van der Waals surface area (Å²) in [6, 6.07) is 13.2. The van der Waals surface area contributed by atoms with Gasteiger partial charge in [0.15, 0.2) is 11.5 Å². The molecule has 0 spiro atoms. The lowest BCUT2D eigenvalue weighted by molar-refractivity contribution is 0.354. The molecule has 1 heterocycles. The molecule has 146 valence electrons. The van der Waals surface area contributed by atoms with Gasteiger partial charge in [0.25, 0.3) is 0 Å². The van der Waals surface area contributed by atoms with E-state index in [-0.39, 0.29) is 5.82 Å². The van der Waals surface area contributed by atoms with E-state index in [0.29, 0.717) is 41.5 Å². The number of halogens is 2. The van der Waals surface area contributed by atoms with Gasteiger partial charge in [0.1, 0.15) is 11.6 Å². The second-order valence-electron chi connectivity index (χ2n) is 6.03. The van der Waals surface area contributed by atoms with E-state index < -0.39 is 5.63 Å². The number of rotatable bonds is 7. The lowest BCUT2D eigenvalue weighted by atomic mass is 10.1. The maximum atomic E-state index is 12.9. The Morgan fingerprint density at radius 1 is 1.00 bits per heavy atom. The maximum absolute atomic E-state index is 12.9. The predicted molar refractivity (Wildman–Crippen MR) is 108 cm³/mol. The molecular weight excluding hydrogens is 429 g/mol. The Hall–Kier alpha value is -2.64. The Kier molecular flexibility index (Phi) is 6.49. The van der Waals surface area contributed by atoms with Crippen LogP contribution < -0.4 is 20.4 Å². The summed E-state index contributed by atoms with van der Waals surface area (Å²) in [6.45, 7) is 0.857. The Balaban J connectivity index is 1.75. The van der Waals surface area contributed by atoms with Gasteiger partial charge in [-0.25, -0.2) is 9.18 Å². The quantitative estimate of drug-likeness (QED) is 0.576. The van der Waals surface area contributed by atoms with Gasteiger partial charge in [-0.05, 0) is 57.9 Å². The lowest BCUT2D eigenvalue weighted by Crippen LogP contribution is -2.18. The van der Waals surface area contributed by atoms with Gasteiger partial charge in [0.2, 0.25) is 0 Å². The van der Waals surface area contributed by atoms with Crippen molar-refractivity contribution < 1.29 is 18.3 Å². The first kappa shape index (κ1) is 20.1. The molecule has 0 unspecified atom stereocenters. The zero-order chi connectivity index (χ0) is 20.1. The van der Waals surface area contributed by atoms with Gasteiger partial charge in [-0.15, -0.1) is 0 Å². The maximum Gasteiger partial charge on any atom is 0.340 e. The van der Waals surface area contributed by atoms with E-state index in [1.54, 1.807) is 50.6 Å². The zero-order valence-electron chi connectivity index (χ0n) is 15.4. The van der Waals surface area contributed by atoms with Crippen molar-refractivity contribution in [1.29, 1.82) is 0 Å². The highest BCUT2D eigenvalue weighted by molar-refractivity contribution is 9.10. The van der Waals surface area contributed by atoms with Gasteiger partial charge in [0, 0.05) is 23.1 Å². The summed E-state index contributed by atoms with van der Waals surface area (Å²) in [6.07, 6.45) is 0. The highest BCUT2D eigenvalue weighted by Gasteiger charge is 2.14. The standard InChI is InChI=1S/C21H19BrFNO4/c1-26-19-9-16(17(22)10-20(19)27-2)18-8-5-14(21(25)28-18)12-24-11-13-3-6-15(23)7-4-13/h3-10,24H,11-12H2,1-2H3. The summed E-state index contributed by atoms with van der Waals surface area (Å²) < 4.78 is 29.7. The van der Waals surface area contributed by atoms with Crippen LogP contribution in [0.5, 0.6) is 11.5 Å². The molecule has 0 bridgehead atoms. The number of hydrogen-bond donors (Lipinski definition) is 1. The van der Waals surface area contributed by atoms with E-state index in [2.05, 4.69) is 21.2 Å². The van der Waals surface area contributed by atoms with Crippen LogP contribution in [-0.4, -0.2) is 14.2 Å². The minimum atomic E-state index is -0.425. The molecule has 0 aliphatic carbocycles. The first-order valence-corrected chi connectivity index (χ1v) is 9.31. The molecule has 0 atom stereocenters. The third-order valence-electron chi connectivity index (χ3n) is 4.20. The smallest absolute Gasteiger partial charge is 0.340 e. The third kappa shape index (κ3) is 4.61. The Morgan fingerprint density at radius 3 is 2.32 bits per heavy atom. The van der Waals surface area contributed by atoms with Crippen LogP contribution >= 0.6 is 15.9 Å². The van der Waals surface area contributed by atoms with Crippen molar-refractivity contribution in [3.05, 3.63) is 80.4 Å². The fraction of sp³-hybridized carbons (Fsp3) is 0.190. The molecule has 28 heavy (non-hydrogen) atoms. The fourth-order valence-electron chi connectivity index (χ4n) is 2.71. The summed E-state index contributed by atoms with van der Waals surface area (Å²) >= 11 is 3.47. The summed E-state index contributed by atoms with van der Waals surface area (Å²) in [5.74, 6) is 1.25. The topological polar surface area (TPSA) is 60.7 Å². The van der Waals surface area contributed by atoms with Gasteiger partial charge in [0.05, 0.1) is 19.8 Å². The average Bonchev–Trinajstić information content (AvgIpc) is 2.70. The highest BCUT2D eigenvalue weighted by Crippen LogP contribution is 2.38. The van der Waals surface area contributed by atoms with Crippen molar-refractivity contribution in [3.63, 3.8) is 0 Å². The summed E-state index contributed by atoms with van der Waals surface area (Å²) in [4.78, 5) is 12.4. The number of benzene rings is 2. The fourth-order valence-corrected chi connectivity index (χ4v) is 3.22. The van der Waals surface area contributed by atoms with Crippen molar-refractivity contribution in [2.75, 3.05) is 14.2 Å². The molecule has 3 aromatic rings. The molecule has 0 saturated heterocycles. The molecule has 0 aliphatic heterocycles.